The van der Waals surface area contributed by atoms with Crippen molar-refractivity contribution >= 4 is 11.8 Å². The van der Waals surface area contributed by atoms with Crippen molar-refractivity contribution in [3.05, 3.63) is 52.8 Å². The van der Waals surface area contributed by atoms with Gasteiger partial charge in [-0.3, -0.25) is 14.7 Å². The smallest absolute Gasteiger partial charge is 0.220 e. The Morgan fingerprint density at radius 1 is 1.28 bits per heavy atom. The van der Waals surface area contributed by atoms with Crippen LogP contribution in [0.3, 0.4) is 0 Å². The van der Waals surface area contributed by atoms with Crippen LogP contribution < -0.4 is 10.6 Å². The van der Waals surface area contributed by atoms with Gasteiger partial charge in [0.25, 0.3) is 0 Å². The van der Waals surface area contributed by atoms with Crippen molar-refractivity contribution in [2.75, 3.05) is 0 Å². The molecule has 1 fully saturated rings. The summed E-state index contributed by atoms with van der Waals surface area (Å²) in [6.07, 6.45) is 2.16. The molecule has 6 nitrogen and oxygen atoms in total. The fourth-order valence-electron chi connectivity index (χ4n) is 3.39. The lowest BCUT2D eigenvalue weighted by molar-refractivity contribution is -0.127. The normalized spacial score (nSPS) is 20.2. The topological polar surface area (TPSA) is 86.9 Å². The number of nitrogens with zero attached hydrogens (tertiary/aromatic N) is 1. The van der Waals surface area contributed by atoms with E-state index in [4.69, 9.17) is 0 Å². The molecule has 3 rings (SSSR count). The molecule has 0 bridgehead atoms. The molecular weight excluding hydrogens is 316 g/mol. The van der Waals surface area contributed by atoms with E-state index >= 15 is 0 Å². The second-order valence-corrected chi connectivity index (χ2v) is 6.58. The second kappa shape index (κ2) is 7.51. The molecule has 1 aromatic carbocycles. The SMILES string of the molecule is Cc1n[nH]c(C)c1CCC(=O)N[C@@H]1CCC(=O)N[C@H]1c1ccccc1. The highest BCUT2D eigenvalue weighted by molar-refractivity contribution is 5.79. The Kier molecular flexibility index (Phi) is 5.16. The standard InChI is InChI=1S/C19H24N4O2/c1-12-15(13(2)23-22-12)8-10-17(24)20-16-9-11-18(25)21-19(16)14-6-4-3-5-7-14/h3-7,16,19H,8-11H2,1-2H3,(H,20,24)(H,21,25)(H,22,23)/t16-,19+/m1/s1. The van der Waals surface area contributed by atoms with Crippen LogP contribution in [-0.4, -0.2) is 28.1 Å². The van der Waals surface area contributed by atoms with E-state index in [0.29, 0.717) is 25.7 Å². The highest BCUT2D eigenvalue weighted by Crippen LogP contribution is 2.24. The summed E-state index contributed by atoms with van der Waals surface area (Å²) in [5.74, 6) is 0.0334. The van der Waals surface area contributed by atoms with Crippen LogP contribution in [0.1, 0.15) is 47.8 Å². The molecule has 0 unspecified atom stereocenters. The lowest BCUT2D eigenvalue weighted by atomic mass is 9.91. The largest absolute Gasteiger partial charge is 0.351 e. The van der Waals surface area contributed by atoms with Gasteiger partial charge in [-0.2, -0.15) is 5.10 Å². The minimum Gasteiger partial charge on any atom is -0.351 e. The fourth-order valence-corrected chi connectivity index (χ4v) is 3.39. The molecule has 0 aliphatic carbocycles. The van der Waals surface area contributed by atoms with E-state index in [0.717, 1.165) is 22.5 Å². The van der Waals surface area contributed by atoms with Crippen LogP contribution in [0.4, 0.5) is 0 Å². The molecule has 2 atom stereocenters. The van der Waals surface area contributed by atoms with Crippen LogP contribution in [0.5, 0.6) is 0 Å². The van der Waals surface area contributed by atoms with Gasteiger partial charge in [0.1, 0.15) is 0 Å². The summed E-state index contributed by atoms with van der Waals surface area (Å²) in [6, 6.07) is 9.53. The number of hydrogen-bond donors (Lipinski definition) is 3. The number of aromatic amines is 1. The van der Waals surface area contributed by atoms with Crippen molar-refractivity contribution in [1.29, 1.82) is 0 Å². The molecule has 2 amide bonds. The van der Waals surface area contributed by atoms with E-state index in [1.807, 2.05) is 44.2 Å². The Morgan fingerprint density at radius 2 is 2.04 bits per heavy atom. The molecular formula is C19H24N4O2. The molecule has 1 aromatic heterocycles. The minimum absolute atomic E-state index is 0.00193. The van der Waals surface area contributed by atoms with Gasteiger partial charge in [-0.1, -0.05) is 30.3 Å². The molecule has 25 heavy (non-hydrogen) atoms. The summed E-state index contributed by atoms with van der Waals surface area (Å²) in [5.41, 5.74) is 4.07. The zero-order chi connectivity index (χ0) is 17.8. The zero-order valence-electron chi connectivity index (χ0n) is 14.6. The van der Waals surface area contributed by atoms with Crippen LogP contribution in [0.2, 0.25) is 0 Å². The summed E-state index contributed by atoms with van der Waals surface area (Å²) >= 11 is 0. The van der Waals surface area contributed by atoms with Gasteiger partial charge >= 0.3 is 0 Å². The van der Waals surface area contributed by atoms with Crippen LogP contribution in [-0.2, 0) is 16.0 Å². The molecule has 0 spiro atoms. The Morgan fingerprint density at radius 3 is 2.72 bits per heavy atom. The molecule has 2 aromatic rings. The number of aromatic nitrogens is 2. The number of carbonyl (C=O) groups is 2. The number of hydrogen-bond acceptors (Lipinski definition) is 3. The maximum absolute atomic E-state index is 12.4. The van der Waals surface area contributed by atoms with Gasteiger partial charge in [-0.25, -0.2) is 0 Å². The van der Waals surface area contributed by atoms with E-state index in [9.17, 15) is 9.59 Å². The van der Waals surface area contributed by atoms with Crippen molar-refractivity contribution in [2.24, 2.45) is 0 Å². The van der Waals surface area contributed by atoms with Crippen molar-refractivity contribution in [3.8, 4) is 0 Å². The molecule has 1 aliphatic rings. The van der Waals surface area contributed by atoms with Gasteiger partial charge in [0.05, 0.1) is 17.8 Å². The van der Waals surface area contributed by atoms with Gasteiger partial charge in [0, 0.05) is 18.5 Å². The Bertz CT molecular complexity index is 735. The van der Waals surface area contributed by atoms with E-state index < -0.39 is 0 Å². The fraction of sp³-hybridized carbons (Fsp3) is 0.421. The van der Waals surface area contributed by atoms with Crippen molar-refractivity contribution in [3.63, 3.8) is 0 Å². The Hall–Kier alpha value is -2.63. The first-order valence-corrected chi connectivity index (χ1v) is 8.68. The van der Waals surface area contributed by atoms with Crippen LogP contribution in [0.15, 0.2) is 30.3 Å². The Labute approximate surface area is 147 Å². The van der Waals surface area contributed by atoms with Crippen LogP contribution in [0.25, 0.3) is 0 Å². The van der Waals surface area contributed by atoms with Gasteiger partial charge in [0.2, 0.25) is 11.8 Å². The first-order valence-electron chi connectivity index (χ1n) is 8.68. The van der Waals surface area contributed by atoms with E-state index in [-0.39, 0.29) is 23.9 Å². The second-order valence-electron chi connectivity index (χ2n) is 6.58. The molecule has 0 saturated carbocycles. The molecule has 1 aliphatic heterocycles. The summed E-state index contributed by atoms with van der Waals surface area (Å²) in [4.78, 5) is 24.2. The first kappa shape index (κ1) is 17.2. The van der Waals surface area contributed by atoms with Crippen LogP contribution in [0, 0.1) is 13.8 Å². The van der Waals surface area contributed by atoms with Gasteiger partial charge in [-0.05, 0) is 37.8 Å². The third-order valence-electron chi connectivity index (χ3n) is 4.79. The van der Waals surface area contributed by atoms with Crippen molar-refractivity contribution < 1.29 is 9.59 Å². The summed E-state index contributed by atoms with van der Waals surface area (Å²) in [7, 11) is 0. The average molecular weight is 340 g/mol. The highest BCUT2D eigenvalue weighted by atomic mass is 16.2. The number of piperidine rings is 1. The molecule has 0 radical (unpaired) electrons. The number of aryl methyl sites for hydroxylation is 2. The number of H-pyrrole nitrogens is 1. The van der Waals surface area contributed by atoms with E-state index in [2.05, 4.69) is 20.8 Å². The maximum Gasteiger partial charge on any atom is 0.220 e. The Balaban J connectivity index is 1.63. The van der Waals surface area contributed by atoms with Crippen molar-refractivity contribution in [2.45, 2.75) is 51.6 Å². The highest BCUT2D eigenvalue weighted by Gasteiger charge is 2.30. The zero-order valence-corrected chi connectivity index (χ0v) is 14.6. The third-order valence-corrected chi connectivity index (χ3v) is 4.79. The molecule has 1 saturated heterocycles. The number of amides is 2. The molecule has 3 N–H and O–H groups in total. The van der Waals surface area contributed by atoms with E-state index in [1.54, 1.807) is 0 Å². The van der Waals surface area contributed by atoms with Gasteiger partial charge < -0.3 is 10.6 Å². The minimum atomic E-state index is -0.177. The average Bonchev–Trinajstić information content (AvgIpc) is 2.93. The number of rotatable bonds is 5. The summed E-state index contributed by atoms with van der Waals surface area (Å²) < 4.78 is 0. The predicted octanol–water partition coefficient (Wildman–Crippen LogP) is 2.10. The quantitative estimate of drug-likeness (QED) is 0.779. The van der Waals surface area contributed by atoms with Gasteiger partial charge in [-0.15, -0.1) is 0 Å². The van der Waals surface area contributed by atoms with Gasteiger partial charge in [0.15, 0.2) is 0 Å². The number of nitrogens with one attached hydrogen (secondary N) is 3. The van der Waals surface area contributed by atoms with E-state index in [1.165, 1.54) is 0 Å². The predicted molar refractivity (Wildman–Crippen MR) is 94.9 cm³/mol. The number of carbonyl (C=O) groups excluding carboxylic acids is 2. The summed E-state index contributed by atoms with van der Waals surface area (Å²) in [5, 5.41) is 13.2. The third kappa shape index (κ3) is 4.07. The summed E-state index contributed by atoms with van der Waals surface area (Å²) in [6.45, 7) is 3.91. The number of benzene rings is 1. The van der Waals surface area contributed by atoms with Crippen LogP contribution >= 0.6 is 0 Å². The first-order chi connectivity index (χ1) is 12.0. The molecule has 6 heteroatoms. The molecule has 2 heterocycles. The lowest BCUT2D eigenvalue weighted by Gasteiger charge is -2.33. The lowest BCUT2D eigenvalue weighted by Crippen LogP contribution is -2.50. The molecule has 132 valence electrons. The maximum atomic E-state index is 12.4. The monoisotopic (exact) mass is 340 g/mol. The van der Waals surface area contributed by atoms with Crippen molar-refractivity contribution in [1.82, 2.24) is 20.8 Å².